The number of carbonyl (C=O) groups excluding carboxylic acids is 1. The third kappa shape index (κ3) is 2.35. The quantitative estimate of drug-likeness (QED) is 0.746. The fourth-order valence-corrected chi connectivity index (χ4v) is 1.50. The summed E-state index contributed by atoms with van der Waals surface area (Å²) in [5, 5.41) is 0.208. The van der Waals surface area contributed by atoms with Crippen molar-refractivity contribution in [2.45, 2.75) is 0 Å². The number of fused-ring (bicyclic) bond motifs is 1. The van der Waals surface area contributed by atoms with E-state index in [2.05, 4.69) is 14.7 Å². The molecule has 16 heavy (non-hydrogen) atoms. The van der Waals surface area contributed by atoms with Crippen LogP contribution in [0.1, 0.15) is 0 Å². The Balaban J connectivity index is 2.53. The lowest BCUT2D eigenvalue weighted by Crippen LogP contribution is -1.96. The second-order valence-corrected chi connectivity index (χ2v) is 3.82. The minimum Gasteiger partial charge on any atom is -0.414 e. The Kier molecular flexibility index (Phi) is 3.14. The van der Waals surface area contributed by atoms with Crippen molar-refractivity contribution >= 4 is 51.3 Å². The zero-order valence-corrected chi connectivity index (χ0v) is 9.84. The van der Waals surface area contributed by atoms with Gasteiger partial charge >= 0.3 is 5.43 Å². The number of nitrogens with zero attached hydrogens (tertiary/aromatic N) is 2. The molecule has 2 rings (SSSR count). The molecule has 0 radical (unpaired) electrons. The molecular formula is C9H3Cl3N2O2. The van der Waals surface area contributed by atoms with Crippen molar-refractivity contribution < 1.29 is 9.53 Å². The van der Waals surface area contributed by atoms with E-state index in [9.17, 15) is 4.79 Å². The van der Waals surface area contributed by atoms with Crippen LogP contribution in [0.5, 0.6) is 5.75 Å². The molecule has 0 aliphatic carbocycles. The molecule has 0 saturated carbocycles. The average Bonchev–Trinajstić information content (AvgIpc) is 2.19. The van der Waals surface area contributed by atoms with Crippen molar-refractivity contribution in [2.24, 2.45) is 0 Å². The second kappa shape index (κ2) is 4.41. The van der Waals surface area contributed by atoms with Crippen molar-refractivity contribution in [3.8, 4) is 5.75 Å². The minimum absolute atomic E-state index is 0.0866. The van der Waals surface area contributed by atoms with Gasteiger partial charge in [-0.15, -0.1) is 0 Å². The Morgan fingerprint density at radius 1 is 1.12 bits per heavy atom. The van der Waals surface area contributed by atoms with E-state index in [4.69, 9.17) is 34.8 Å². The predicted octanol–water partition coefficient (Wildman–Crippen LogP) is 3.67. The number of halogens is 3. The molecule has 2 aromatic rings. The molecule has 7 heteroatoms. The Hall–Kier alpha value is -1.10. The van der Waals surface area contributed by atoms with E-state index in [1.807, 2.05) is 0 Å². The zero-order chi connectivity index (χ0) is 11.7. The fourth-order valence-electron chi connectivity index (χ4n) is 1.15. The molecule has 1 aromatic heterocycles. The van der Waals surface area contributed by atoms with Gasteiger partial charge in [-0.1, -0.05) is 23.2 Å². The van der Waals surface area contributed by atoms with Gasteiger partial charge in [-0.2, -0.15) is 0 Å². The van der Waals surface area contributed by atoms with Crippen LogP contribution in [0.3, 0.4) is 0 Å². The highest BCUT2D eigenvalue weighted by atomic mass is 35.5. The number of hydrogen-bond donors (Lipinski definition) is 0. The molecule has 82 valence electrons. The maximum absolute atomic E-state index is 10.5. The molecule has 0 aliphatic heterocycles. The van der Waals surface area contributed by atoms with Crippen LogP contribution in [0.4, 0.5) is 4.79 Å². The van der Waals surface area contributed by atoms with E-state index in [1.165, 1.54) is 12.1 Å². The molecule has 0 spiro atoms. The zero-order valence-electron chi connectivity index (χ0n) is 7.58. The summed E-state index contributed by atoms with van der Waals surface area (Å²) in [5.41, 5.74) is 0.0842. The SMILES string of the molecule is O=C(Cl)Oc1ccc2nc(Cl)c(Cl)nc2c1. The molecular weight excluding hydrogens is 274 g/mol. The van der Waals surface area contributed by atoms with Crippen LogP contribution in [-0.2, 0) is 0 Å². The van der Waals surface area contributed by atoms with Crippen molar-refractivity contribution in [2.75, 3.05) is 0 Å². The third-order valence-electron chi connectivity index (χ3n) is 1.75. The Labute approximate surface area is 105 Å². The number of carbonyl (C=O) groups is 1. The van der Waals surface area contributed by atoms with Crippen LogP contribution in [0.2, 0.25) is 10.3 Å². The molecule has 0 saturated heterocycles. The van der Waals surface area contributed by atoms with Gasteiger partial charge in [-0.05, 0) is 12.1 Å². The summed E-state index contributed by atoms with van der Waals surface area (Å²) in [4.78, 5) is 18.5. The number of hydrogen-bond acceptors (Lipinski definition) is 4. The topological polar surface area (TPSA) is 52.1 Å². The number of aromatic nitrogens is 2. The maximum atomic E-state index is 10.5. The monoisotopic (exact) mass is 276 g/mol. The van der Waals surface area contributed by atoms with Crippen molar-refractivity contribution in [1.82, 2.24) is 9.97 Å². The molecule has 0 amide bonds. The standard InChI is InChI=1S/C9H3Cl3N2O2/c10-7-8(11)14-6-3-4(16-9(12)15)1-2-5(6)13-7/h1-3H. The Morgan fingerprint density at radius 3 is 2.38 bits per heavy atom. The largest absolute Gasteiger partial charge is 0.414 e. The maximum Gasteiger partial charge on any atom is 0.409 e. The summed E-state index contributed by atoms with van der Waals surface area (Å²) in [6.07, 6.45) is 0. The van der Waals surface area contributed by atoms with Gasteiger partial charge in [0, 0.05) is 17.7 Å². The van der Waals surface area contributed by atoms with E-state index in [0.29, 0.717) is 11.0 Å². The van der Waals surface area contributed by atoms with E-state index in [1.54, 1.807) is 6.07 Å². The fraction of sp³-hybridized carbons (Fsp3) is 0. The first kappa shape index (κ1) is 11.4. The molecule has 0 fully saturated rings. The van der Waals surface area contributed by atoms with Crippen LogP contribution in [0, 0.1) is 0 Å². The van der Waals surface area contributed by atoms with Gasteiger partial charge in [-0.3, -0.25) is 0 Å². The van der Waals surface area contributed by atoms with Crippen molar-refractivity contribution in [3.63, 3.8) is 0 Å². The normalized spacial score (nSPS) is 10.4. The van der Waals surface area contributed by atoms with Gasteiger partial charge in [0.1, 0.15) is 5.75 Å². The van der Waals surface area contributed by atoms with Crippen LogP contribution < -0.4 is 4.74 Å². The van der Waals surface area contributed by atoms with E-state index < -0.39 is 5.43 Å². The van der Waals surface area contributed by atoms with Gasteiger partial charge in [0.25, 0.3) is 0 Å². The number of benzene rings is 1. The molecule has 0 unspecified atom stereocenters. The minimum atomic E-state index is -0.924. The third-order valence-corrected chi connectivity index (χ3v) is 2.45. The van der Waals surface area contributed by atoms with Gasteiger partial charge in [0.2, 0.25) is 0 Å². The highest BCUT2D eigenvalue weighted by molar-refractivity contribution is 6.61. The Bertz CT molecular complexity index is 574. The summed E-state index contributed by atoms with van der Waals surface area (Å²) in [5.74, 6) is 0.264. The summed E-state index contributed by atoms with van der Waals surface area (Å²) in [6.45, 7) is 0. The first-order valence-electron chi connectivity index (χ1n) is 4.06. The first-order chi connectivity index (χ1) is 7.56. The molecule has 4 nitrogen and oxygen atoms in total. The van der Waals surface area contributed by atoms with Crippen LogP contribution in [-0.4, -0.2) is 15.4 Å². The number of rotatable bonds is 1. The van der Waals surface area contributed by atoms with Crippen molar-refractivity contribution in [3.05, 3.63) is 28.5 Å². The van der Waals surface area contributed by atoms with Crippen LogP contribution >= 0.6 is 34.8 Å². The summed E-state index contributed by atoms with van der Waals surface area (Å²) in [6, 6.07) is 4.62. The lowest BCUT2D eigenvalue weighted by atomic mass is 10.3. The Morgan fingerprint density at radius 2 is 1.75 bits per heavy atom. The molecule has 0 atom stereocenters. The molecule has 1 aromatic carbocycles. The van der Waals surface area contributed by atoms with Gasteiger partial charge in [-0.25, -0.2) is 14.8 Å². The summed E-state index contributed by atoms with van der Waals surface area (Å²) < 4.78 is 4.68. The predicted molar refractivity (Wildman–Crippen MR) is 61.4 cm³/mol. The summed E-state index contributed by atoms with van der Waals surface area (Å²) >= 11 is 16.5. The van der Waals surface area contributed by atoms with Gasteiger partial charge < -0.3 is 4.74 Å². The molecule has 0 bridgehead atoms. The van der Waals surface area contributed by atoms with Crippen molar-refractivity contribution in [1.29, 1.82) is 0 Å². The lowest BCUT2D eigenvalue weighted by Gasteiger charge is -2.02. The van der Waals surface area contributed by atoms with Crippen LogP contribution in [0.25, 0.3) is 11.0 Å². The van der Waals surface area contributed by atoms with E-state index in [0.717, 1.165) is 0 Å². The van der Waals surface area contributed by atoms with Crippen LogP contribution in [0.15, 0.2) is 18.2 Å². The number of ether oxygens (including phenoxy) is 1. The smallest absolute Gasteiger partial charge is 0.409 e. The average molecular weight is 277 g/mol. The second-order valence-electron chi connectivity index (χ2n) is 2.80. The first-order valence-corrected chi connectivity index (χ1v) is 5.20. The molecule has 1 heterocycles. The highest BCUT2D eigenvalue weighted by Gasteiger charge is 2.07. The molecule has 0 aliphatic rings. The highest BCUT2D eigenvalue weighted by Crippen LogP contribution is 2.24. The van der Waals surface area contributed by atoms with E-state index in [-0.39, 0.29) is 16.1 Å². The summed E-state index contributed by atoms with van der Waals surface area (Å²) in [7, 11) is 0. The molecule has 0 N–H and O–H groups in total. The van der Waals surface area contributed by atoms with E-state index >= 15 is 0 Å². The van der Waals surface area contributed by atoms with Gasteiger partial charge in [0.05, 0.1) is 11.0 Å². The van der Waals surface area contributed by atoms with Gasteiger partial charge in [0.15, 0.2) is 10.3 Å². The lowest BCUT2D eigenvalue weighted by molar-refractivity contribution is 0.225.